The number of aromatic hydroxyl groups is 1. The number of aromatic amines is 1. The second kappa shape index (κ2) is 13.9. The molecular formula is C28H34N6O7. The van der Waals surface area contributed by atoms with Crippen molar-refractivity contribution in [3.8, 4) is 5.75 Å². The van der Waals surface area contributed by atoms with Crippen molar-refractivity contribution in [1.82, 2.24) is 20.9 Å². The molecule has 13 heteroatoms. The average Bonchev–Trinajstić information content (AvgIpc) is 3.33. The van der Waals surface area contributed by atoms with E-state index in [2.05, 4.69) is 20.9 Å². The molecule has 0 radical (unpaired) electrons. The van der Waals surface area contributed by atoms with Gasteiger partial charge in [-0.25, -0.2) is 4.79 Å². The van der Waals surface area contributed by atoms with E-state index in [9.17, 15) is 34.2 Å². The van der Waals surface area contributed by atoms with Crippen molar-refractivity contribution >= 4 is 40.5 Å². The van der Waals surface area contributed by atoms with Gasteiger partial charge in [0.15, 0.2) is 0 Å². The number of fused-ring (bicyclic) bond motifs is 1. The monoisotopic (exact) mass is 566 g/mol. The first kappa shape index (κ1) is 30.6. The van der Waals surface area contributed by atoms with Crippen LogP contribution in [-0.4, -0.2) is 69.0 Å². The van der Waals surface area contributed by atoms with Gasteiger partial charge in [0, 0.05) is 36.4 Å². The number of primary amides is 1. The smallest absolute Gasteiger partial charge is 0.326 e. The highest BCUT2D eigenvalue weighted by atomic mass is 16.4. The largest absolute Gasteiger partial charge is 0.508 e. The molecule has 0 aliphatic heterocycles. The highest BCUT2D eigenvalue weighted by Crippen LogP contribution is 2.19. The van der Waals surface area contributed by atoms with Crippen LogP contribution in [0, 0.1) is 0 Å². The second-order valence-corrected chi connectivity index (χ2v) is 9.75. The van der Waals surface area contributed by atoms with Crippen LogP contribution in [0.3, 0.4) is 0 Å². The third-order valence-corrected chi connectivity index (χ3v) is 6.45. The molecule has 0 bridgehead atoms. The molecule has 1 aromatic heterocycles. The summed E-state index contributed by atoms with van der Waals surface area (Å²) in [5.41, 5.74) is 12.9. The Kier molecular flexibility index (Phi) is 10.4. The van der Waals surface area contributed by atoms with E-state index in [1.807, 2.05) is 24.3 Å². The third-order valence-electron chi connectivity index (χ3n) is 6.45. The predicted molar refractivity (Wildman–Crippen MR) is 149 cm³/mol. The van der Waals surface area contributed by atoms with Gasteiger partial charge < -0.3 is 42.6 Å². The Morgan fingerprint density at radius 3 is 2.10 bits per heavy atom. The zero-order valence-corrected chi connectivity index (χ0v) is 22.4. The molecule has 0 aliphatic carbocycles. The van der Waals surface area contributed by atoms with Crippen LogP contribution in [0.2, 0.25) is 0 Å². The molecule has 0 saturated carbocycles. The average molecular weight is 567 g/mol. The van der Waals surface area contributed by atoms with Gasteiger partial charge in [0.05, 0.1) is 6.04 Å². The lowest BCUT2D eigenvalue weighted by atomic mass is 10.0. The number of carbonyl (C=O) groups is 5. The number of para-hydroxylation sites is 1. The minimum Gasteiger partial charge on any atom is -0.508 e. The van der Waals surface area contributed by atoms with Gasteiger partial charge in [0.25, 0.3) is 0 Å². The zero-order chi connectivity index (χ0) is 30.1. The normalized spacial score (nSPS) is 13.9. The highest BCUT2D eigenvalue weighted by Gasteiger charge is 2.31. The standard InChI is InChI=1S/C28H34N6O7/c1-15(29)25(37)32-21(10-11-24(30)36)26(38)33-22(12-16-6-8-18(35)9-7-16)27(39)34-23(28(40)41)13-17-14-31-20-5-3-2-4-19(17)20/h2-9,14-15,21-23,31,35H,10-13,29H2,1H3,(H2,30,36)(H,32,37)(H,33,38)(H,34,39)(H,40,41). The number of hydrogen-bond acceptors (Lipinski definition) is 7. The summed E-state index contributed by atoms with van der Waals surface area (Å²) in [5, 5.41) is 27.8. The van der Waals surface area contributed by atoms with Crippen LogP contribution in [0.1, 0.15) is 30.9 Å². The van der Waals surface area contributed by atoms with Crippen LogP contribution >= 0.6 is 0 Å². The van der Waals surface area contributed by atoms with E-state index in [4.69, 9.17) is 11.5 Å². The minimum atomic E-state index is -1.33. The lowest BCUT2D eigenvalue weighted by molar-refractivity contribution is -0.142. The topological polar surface area (TPSA) is 230 Å². The SMILES string of the molecule is CC(N)C(=O)NC(CCC(N)=O)C(=O)NC(Cc1ccc(O)cc1)C(=O)NC(Cc1c[nH]c2ccccc12)C(=O)O. The first-order valence-electron chi connectivity index (χ1n) is 12.9. The quantitative estimate of drug-likeness (QED) is 0.130. The second-order valence-electron chi connectivity index (χ2n) is 9.75. The van der Waals surface area contributed by atoms with Crippen molar-refractivity contribution in [2.45, 2.75) is 56.8 Å². The van der Waals surface area contributed by atoms with E-state index in [0.717, 1.165) is 10.9 Å². The summed E-state index contributed by atoms with van der Waals surface area (Å²) in [7, 11) is 0. The Morgan fingerprint density at radius 1 is 0.854 bits per heavy atom. The van der Waals surface area contributed by atoms with Crippen molar-refractivity contribution in [2.75, 3.05) is 0 Å². The Hall–Kier alpha value is -4.91. The molecule has 0 spiro atoms. The molecule has 1 heterocycles. The Bertz CT molecular complexity index is 1400. The van der Waals surface area contributed by atoms with E-state index in [1.54, 1.807) is 18.3 Å². The van der Waals surface area contributed by atoms with Gasteiger partial charge >= 0.3 is 5.97 Å². The number of nitrogens with two attached hydrogens (primary N) is 2. The van der Waals surface area contributed by atoms with Gasteiger partial charge in [0.2, 0.25) is 23.6 Å². The number of aromatic nitrogens is 1. The summed E-state index contributed by atoms with van der Waals surface area (Å²) >= 11 is 0. The molecule has 3 rings (SSSR count). The van der Waals surface area contributed by atoms with Crippen LogP contribution in [0.15, 0.2) is 54.7 Å². The van der Waals surface area contributed by atoms with Crippen LogP contribution in [0.25, 0.3) is 10.9 Å². The Balaban J connectivity index is 1.83. The van der Waals surface area contributed by atoms with E-state index in [1.165, 1.54) is 19.1 Å². The molecule has 218 valence electrons. The fourth-order valence-corrected chi connectivity index (χ4v) is 4.20. The summed E-state index contributed by atoms with van der Waals surface area (Å²) in [4.78, 5) is 65.4. The van der Waals surface area contributed by atoms with Gasteiger partial charge in [0.1, 0.15) is 23.9 Å². The maximum Gasteiger partial charge on any atom is 0.326 e. The number of phenolic OH excluding ortho intramolecular Hbond substituents is 1. The molecule has 0 saturated heterocycles. The minimum absolute atomic E-state index is 0.00594. The summed E-state index contributed by atoms with van der Waals surface area (Å²) in [5.74, 6) is -4.21. The number of nitrogens with one attached hydrogen (secondary N) is 4. The molecule has 3 aromatic rings. The molecule has 0 aliphatic rings. The Morgan fingerprint density at radius 2 is 1.46 bits per heavy atom. The van der Waals surface area contributed by atoms with Gasteiger partial charge in [-0.2, -0.15) is 0 Å². The maximum absolute atomic E-state index is 13.4. The summed E-state index contributed by atoms with van der Waals surface area (Å²) in [6, 6.07) is 8.43. The van der Waals surface area contributed by atoms with Gasteiger partial charge in [-0.05, 0) is 42.7 Å². The summed E-state index contributed by atoms with van der Waals surface area (Å²) in [6.45, 7) is 1.42. The first-order chi connectivity index (χ1) is 19.4. The zero-order valence-electron chi connectivity index (χ0n) is 22.4. The van der Waals surface area contributed by atoms with E-state index in [-0.39, 0.29) is 31.4 Å². The number of hydrogen-bond donors (Lipinski definition) is 8. The van der Waals surface area contributed by atoms with Crippen LogP contribution in [0.4, 0.5) is 0 Å². The number of amides is 4. The molecule has 4 unspecified atom stereocenters. The molecule has 2 aromatic carbocycles. The van der Waals surface area contributed by atoms with E-state index < -0.39 is 53.8 Å². The molecule has 13 nitrogen and oxygen atoms in total. The summed E-state index contributed by atoms with van der Waals surface area (Å²) < 4.78 is 0. The van der Waals surface area contributed by atoms with Crippen molar-refractivity contribution in [2.24, 2.45) is 11.5 Å². The van der Waals surface area contributed by atoms with Crippen molar-refractivity contribution in [3.63, 3.8) is 0 Å². The van der Waals surface area contributed by atoms with Crippen molar-refractivity contribution < 1.29 is 34.2 Å². The van der Waals surface area contributed by atoms with E-state index >= 15 is 0 Å². The summed E-state index contributed by atoms with van der Waals surface area (Å²) in [6.07, 6.45) is 1.20. The van der Waals surface area contributed by atoms with E-state index in [0.29, 0.717) is 11.1 Å². The highest BCUT2D eigenvalue weighted by molar-refractivity contribution is 5.94. The fraction of sp³-hybridized carbons (Fsp3) is 0.321. The van der Waals surface area contributed by atoms with Gasteiger partial charge in [-0.3, -0.25) is 19.2 Å². The molecule has 4 atom stereocenters. The molecule has 0 fully saturated rings. The molecule has 10 N–H and O–H groups in total. The number of carbonyl (C=O) groups excluding carboxylic acids is 4. The van der Waals surface area contributed by atoms with Crippen molar-refractivity contribution in [3.05, 3.63) is 65.9 Å². The number of aliphatic carboxylic acids is 1. The molecule has 4 amide bonds. The number of phenols is 1. The number of rotatable bonds is 14. The lowest BCUT2D eigenvalue weighted by Gasteiger charge is -2.25. The van der Waals surface area contributed by atoms with Crippen molar-refractivity contribution in [1.29, 1.82) is 0 Å². The number of benzene rings is 2. The predicted octanol–water partition coefficient (Wildman–Crippen LogP) is -0.190. The fourth-order valence-electron chi connectivity index (χ4n) is 4.20. The number of carboxylic acid groups (broad SMARTS) is 1. The van der Waals surface area contributed by atoms with Gasteiger partial charge in [-0.1, -0.05) is 30.3 Å². The number of H-pyrrole nitrogens is 1. The third kappa shape index (κ3) is 8.80. The lowest BCUT2D eigenvalue weighted by Crippen LogP contribution is -2.57. The van der Waals surface area contributed by atoms with Crippen LogP contribution < -0.4 is 27.4 Å². The van der Waals surface area contributed by atoms with Crippen LogP contribution in [0.5, 0.6) is 5.75 Å². The number of carboxylic acids is 1. The molecule has 41 heavy (non-hydrogen) atoms. The molecular weight excluding hydrogens is 532 g/mol. The van der Waals surface area contributed by atoms with Gasteiger partial charge in [-0.15, -0.1) is 0 Å². The van der Waals surface area contributed by atoms with Crippen LogP contribution in [-0.2, 0) is 36.8 Å². The Labute approximate surface area is 235 Å². The maximum atomic E-state index is 13.4. The first-order valence-corrected chi connectivity index (χ1v) is 12.9.